The first kappa shape index (κ1) is 26.5. The van der Waals surface area contributed by atoms with Crippen LogP contribution in [0, 0.1) is 5.41 Å². The Bertz CT molecular complexity index is 1410. The predicted molar refractivity (Wildman–Crippen MR) is 138 cm³/mol. The summed E-state index contributed by atoms with van der Waals surface area (Å²) >= 11 is 0. The number of methoxy groups -OCH3 is 1. The van der Waals surface area contributed by atoms with Crippen LogP contribution in [0.1, 0.15) is 37.7 Å². The average Bonchev–Trinajstić information content (AvgIpc) is 3.39. The highest BCUT2D eigenvalue weighted by atomic mass is 18.2. The Morgan fingerprint density at radius 2 is 1.82 bits per heavy atom. The van der Waals surface area contributed by atoms with Gasteiger partial charge in [0.05, 0.1) is 31.3 Å². The highest BCUT2D eigenvalue weighted by molar-refractivity contribution is 5.98. The number of fused-ring (bicyclic) bond motifs is 5. The largest absolute Gasteiger partial charge is 0.493 e. The van der Waals surface area contributed by atoms with Gasteiger partial charge in [-0.2, -0.15) is 4.57 Å². The standard InChI is InChI=1S/C29H30FNO8/c1-36-23-6-5-18-13-22-20-15-25-24(38-17-39-25)14-19(20)7-11-31(22)16-21(18)26(23)37-12-4-2-3-8-29(9-10-30,27(32)33)28(34)35/h5-6,13-16H,2-4,7-12,17H2,1H3,(H-,32,33,34,35)/p+1/i30-1. The van der Waals surface area contributed by atoms with Crippen molar-refractivity contribution in [2.75, 3.05) is 27.2 Å². The van der Waals surface area contributed by atoms with Crippen molar-refractivity contribution in [1.29, 1.82) is 0 Å². The topological polar surface area (TPSA) is 115 Å². The summed E-state index contributed by atoms with van der Waals surface area (Å²) in [6.45, 7) is 0.358. The van der Waals surface area contributed by atoms with Crippen molar-refractivity contribution in [2.24, 2.45) is 5.41 Å². The summed E-state index contributed by atoms with van der Waals surface area (Å²) in [4.78, 5) is 23.1. The third-order valence-electron chi connectivity index (χ3n) is 7.63. The van der Waals surface area contributed by atoms with Crippen LogP contribution >= 0.6 is 0 Å². The molecular weight excluding hydrogens is 508 g/mol. The first-order chi connectivity index (χ1) is 18.9. The van der Waals surface area contributed by atoms with Gasteiger partial charge < -0.3 is 29.2 Å². The molecule has 0 amide bonds. The lowest BCUT2D eigenvalue weighted by Crippen LogP contribution is -2.40. The summed E-state index contributed by atoms with van der Waals surface area (Å²) in [5, 5.41) is 20.7. The minimum absolute atomic E-state index is 0.135. The van der Waals surface area contributed by atoms with Crippen LogP contribution in [0.2, 0.25) is 0 Å². The van der Waals surface area contributed by atoms with E-state index in [-0.39, 0.29) is 13.2 Å². The summed E-state index contributed by atoms with van der Waals surface area (Å²) in [5.41, 5.74) is 1.30. The van der Waals surface area contributed by atoms with Gasteiger partial charge in [-0.05, 0) is 48.1 Å². The number of rotatable bonds is 12. The molecule has 0 aliphatic carbocycles. The van der Waals surface area contributed by atoms with Gasteiger partial charge in [0, 0.05) is 18.9 Å². The van der Waals surface area contributed by atoms with Gasteiger partial charge in [-0.25, -0.2) is 0 Å². The average molecular weight is 540 g/mol. The summed E-state index contributed by atoms with van der Waals surface area (Å²) in [6, 6.07) is 10.1. The van der Waals surface area contributed by atoms with Crippen LogP contribution in [-0.2, 0) is 22.6 Å². The fourth-order valence-corrected chi connectivity index (χ4v) is 5.39. The molecule has 206 valence electrons. The molecular formula is C29H31FNO8+. The molecule has 0 radical (unpaired) electrons. The fraction of sp³-hybridized carbons (Fsp3) is 0.414. The van der Waals surface area contributed by atoms with E-state index < -0.39 is 30.4 Å². The molecule has 2 N–H and O–H groups in total. The van der Waals surface area contributed by atoms with Gasteiger partial charge in [-0.15, -0.1) is 0 Å². The first-order valence-corrected chi connectivity index (χ1v) is 13.0. The van der Waals surface area contributed by atoms with Gasteiger partial charge >= 0.3 is 11.9 Å². The molecule has 3 heterocycles. The molecule has 3 aromatic rings. The van der Waals surface area contributed by atoms with Crippen molar-refractivity contribution in [3.8, 4) is 34.3 Å². The van der Waals surface area contributed by atoms with Crippen LogP contribution < -0.4 is 23.5 Å². The number of benzene rings is 2. The number of carbonyl (C=O) groups is 2. The Balaban J connectivity index is 1.31. The molecule has 1 aromatic heterocycles. The zero-order valence-electron chi connectivity index (χ0n) is 21.7. The lowest BCUT2D eigenvalue weighted by Gasteiger charge is -2.23. The smallest absolute Gasteiger partial charge is 0.321 e. The van der Waals surface area contributed by atoms with E-state index >= 15 is 0 Å². The number of aromatic nitrogens is 1. The molecule has 2 aromatic carbocycles. The zero-order chi connectivity index (χ0) is 27.6. The summed E-state index contributed by atoms with van der Waals surface area (Å²) in [6.07, 6.45) is 3.69. The third kappa shape index (κ3) is 4.91. The van der Waals surface area contributed by atoms with E-state index in [1.807, 2.05) is 18.2 Å². The maximum absolute atomic E-state index is 12.9. The molecule has 39 heavy (non-hydrogen) atoms. The van der Waals surface area contributed by atoms with E-state index in [9.17, 15) is 24.2 Å². The lowest BCUT2D eigenvalue weighted by atomic mass is 9.80. The van der Waals surface area contributed by atoms with Crippen molar-refractivity contribution < 1.29 is 47.7 Å². The number of nitrogens with zero attached hydrogens (tertiary/aromatic N) is 1. The van der Waals surface area contributed by atoms with E-state index in [0.29, 0.717) is 37.4 Å². The Morgan fingerprint density at radius 1 is 1.05 bits per heavy atom. The molecule has 0 saturated heterocycles. The number of pyridine rings is 1. The SMILES string of the molecule is COc1ccc2cc3[n+](cc2c1OCCCCCC(CC[18F])(C(=O)O)C(=O)O)CCc1cc2c(cc1-3)OCO2. The normalized spacial score (nSPS) is 13.6. The van der Waals surface area contributed by atoms with Gasteiger partial charge in [0.25, 0.3) is 0 Å². The number of aliphatic carboxylic acids is 2. The fourth-order valence-electron chi connectivity index (χ4n) is 5.39. The molecule has 0 spiro atoms. The third-order valence-corrected chi connectivity index (χ3v) is 7.63. The van der Waals surface area contributed by atoms with Crippen LogP contribution in [-0.4, -0.2) is 49.3 Å². The number of ether oxygens (including phenoxy) is 4. The minimum Gasteiger partial charge on any atom is -0.493 e. The second kappa shape index (κ2) is 11.0. The number of aryl methyl sites for hydroxylation is 2. The van der Waals surface area contributed by atoms with E-state index in [4.69, 9.17) is 18.9 Å². The molecule has 0 bridgehead atoms. The molecule has 9 nitrogen and oxygen atoms in total. The summed E-state index contributed by atoms with van der Waals surface area (Å²) in [7, 11) is 1.58. The van der Waals surface area contributed by atoms with Gasteiger partial charge in [-0.3, -0.25) is 14.0 Å². The molecule has 10 heteroatoms. The quantitative estimate of drug-likeness (QED) is 0.196. The number of carboxylic acid groups (broad SMARTS) is 2. The predicted octanol–water partition coefficient (Wildman–Crippen LogP) is 4.54. The Labute approximate surface area is 224 Å². The Kier molecular flexibility index (Phi) is 7.45. The molecule has 5 rings (SSSR count). The number of halogens is 1. The van der Waals surface area contributed by atoms with Gasteiger partial charge in [-0.1, -0.05) is 12.8 Å². The van der Waals surface area contributed by atoms with Crippen molar-refractivity contribution in [1.82, 2.24) is 0 Å². The second-order valence-corrected chi connectivity index (χ2v) is 9.86. The molecule has 0 unspecified atom stereocenters. The van der Waals surface area contributed by atoms with Gasteiger partial charge in [0.15, 0.2) is 41.2 Å². The molecule has 0 atom stereocenters. The zero-order valence-corrected chi connectivity index (χ0v) is 21.7. The van der Waals surface area contributed by atoms with E-state index in [1.165, 1.54) is 5.56 Å². The Hall–Kier alpha value is -4.08. The second-order valence-electron chi connectivity index (χ2n) is 9.86. The monoisotopic (exact) mass is 539 g/mol. The number of hydrogen-bond acceptors (Lipinski definition) is 6. The number of alkyl halides is 1. The van der Waals surface area contributed by atoms with E-state index in [0.717, 1.165) is 46.5 Å². The molecule has 2 aliphatic heterocycles. The minimum atomic E-state index is -2.09. The van der Waals surface area contributed by atoms with Crippen LogP contribution in [0.4, 0.5) is 4.39 Å². The first-order valence-electron chi connectivity index (χ1n) is 13.0. The summed E-state index contributed by atoms with van der Waals surface area (Å²) < 4.78 is 38.0. The molecule has 0 fully saturated rings. The number of carboxylic acids is 2. The maximum atomic E-state index is 12.9. The van der Waals surface area contributed by atoms with Crippen LogP contribution in [0.3, 0.4) is 0 Å². The summed E-state index contributed by atoms with van der Waals surface area (Å²) in [5.74, 6) is -0.265. The van der Waals surface area contributed by atoms with Crippen molar-refractivity contribution in [3.05, 3.63) is 42.1 Å². The van der Waals surface area contributed by atoms with Crippen molar-refractivity contribution in [3.63, 3.8) is 0 Å². The molecule has 0 saturated carbocycles. The van der Waals surface area contributed by atoms with Crippen LogP contribution in [0.5, 0.6) is 23.0 Å². The Morgan fingerprint density at radius 3 is 2.54 bits per heavy atom. The van der Waals surface area contributed by atoms with Crippen molar-refractivity contribution in [2.45, 2.75) is 45.1 Å². The van der Waals surface area contributed by atoms with Crippen molar-refractivity contribution >= 4 is 22.7 Å². The number of unbranched alkanes of at least 4 members (excludes halogenated alkanes) is 2. The number of hydrogen-bond donors (Lipinski definition) is 2. The molecule has 2 aliphatic rings. The lowest BCUT2D eigenvalue weighted by molar-refractivity contribution is -0.686. The van der Waals surface area contributed by atoms with E-state index in [2.05, 4.69) is 22.9 Å². The van der Waals surface area contributed by atoms with Crippen LogP contribution in [0.15, 0.2) is 36.5 Å². The van der Waals surface area contributed by atoms with Gasteiger partial charge in [0.2, 0.25) is 12.5 Å². The highest BCUT2D eigenvalue weighted by Crippen LogP contribution is 2.41. The van der Waals surface area contributed by atoms with Crippen LogP contribution in [0.25, 0.3) is 22.0 Å². The van der Waals surface area contributed by atoms with E-state index in [1.54, 1.807) is 7.11 Å². The maximum Gasteiger partial charge on any atom is 0.321 e. The van der Waals surface area contributed by atoms with Gasteiger partial charge in [0.1, 0.15) is 0 Å². The highest BCUT2D eigenvalue weighted by Gasteiger charge is 2.45.